The van der Waals surface area contributed by atoms with Gasteiger partial charge in [-0.2, -0.15) is 5.10 Å². The van der Waals surface area contributed by atoms with Gasteiger partial charge in [-0.05, 0) is 12.8 Å². The molecule has 1 heterocycles. The normalized spacial score (nSPS) is 17.4. The van der Waals surface area contributed by atoms with Gasteiger partial charge in [-0.3, -0.25) is 5.10 Å². The molecule has 0 saturated heterocycles. The molecule has 0 bridgehead atoms. The first kappa shape index (κ1) is 9.05. The van der Waals surface area contributed by atoms with Gasteiger partial charge < -0.3 is 10.2 Å². The maximum Gasteiger partial charge on any atom is 0.357 e. The van der Waals surface area contributed by atoms with Crippen molar-refractivity contribution in [3.05, 3.63) is 11.4 Å². The molecule has 0 aliphatic heterocycles. The monoisotopic (exact) mass is 196 g/mol. The molecule has 0 unspecified atom stereocenters. The van der Waals surface area contributed by atoms with Crippen molar-refractivity contribution in [1.29, 1.82) is 0 Å². The van der Waals surface area contributed by atoms with E-state index in [0.29, 0.717) is 5.69 Å². The van der Waals surface area contributed by atoms with E-state index in [0.717, 1.165) is 25.7 Å². The summed E-state index contributed by atoms with van der Waals surface area (Å²) in [5.41, 5.74) is 0.312. The molecule has 76 valence electrons. The molecule has 0 spiro atoms. The van der Waals surface area contributed by atoms with E-state index in [2.05, 4.69) is 10.2 Å². The summed E-state index contributed by atoms with van der Waals surface area (Å²) >= 11 is 0. The van der Waals surface area contributed by atoms with E-state index in [9.17, 15) is 9.90 Å². The molecule has 1 aliphatic rings. The lowest BCUT2D eigenvalue weighted by Crippen LogP contribution is -1.96. The smallest absolute Gasteiger partial charge is 0.357 e. The number of hydrogen-bond donors (Lipinski definition) is 3. The van der Waals surface area contributed by atoms with Crippen LogP contribution in [0.3, 0.4) is 0 Å². The number of carbonyl (C=O) groups is 1. The second-order valence-electron chi connectivity index (χ2n) is 3.62. The van der Waals surface area contributed by atoms with Crippen LogP contribution >= 0.6 is 0 Å². The van der Waals surface area contributed by atoms with Crippen LogP contribution in [0.15, 0.2) is 0 Å². The molecule has 2 rings (SSSR count). The van der Waals surface area contributed by atoms with Crippen molar-refractivity contribution < 1.29 is 15.0 Å². The third-order valence-electron chi connectivity index (χ3n) is 2.72. The van der Waals surface area contributed by atoms with Crippen LogP contribution in [-0.4, -0.2) is 26.4 Å². The minimum absolute atomic E-state index is 0.190. The number of nitrogens with zero attached hydrogens (tertiary/aromatic N) is 1. The van der Waals surface area contributed by atoms with Crippen LogP contribution in [-0.2, 0) is 0 Å². The zero-order valence-corrected chi connectivity index (χ0v) is 7.66. The Hall–Kier alpha value is -1.52. The zero-order chi connectivity index (χ0) is 10.1. The van der Waals surface area contributed by atoms with Gasteiger partial charge in [0.15, 0.2) is 11.4 Å². The number of nitrogens with one attached hydrogen (secondary N) is 1. The molecule has 0 radical (unpaired) electrons. The van der Waals surface area contributed by atoms with Gasteiger partial charge in [-0.25, -0.2) is 4.79 Å². The van der Waals surface area contributed by atoms with Crippen LogP contribution < -0.4 is 0 Å². The minimum Gasteiger partial charge on any atom is -0.504 e. The van der Waals surface area contributed by atoms with Gasteiger partial charge in [0, 0.05) is 5.92 Å². The molecule has 0 amide bonds. The highest BCUT2D eigenvalue weighted by Crippen LogP contribution is 2.38. The summed E-state index contributed by atoms with van der Waals surface area (Å²) in [6.45, 7) is 0. The van der Waals surface area contributed by atoms with Crippen LogP contribution in [0.1, 0.15) is 47.8 Å². The van der Waals surface area contributed by atoms with Crippen molar-refractivity contribution in [2.24, 2.45) is 0 Å². The number of hydrogen-bond acceptors (Lipinski definition) is 3. The third kappa shape index (κ3) is 1.34. The van der Waals surface area contributed by atoms with Crippen LogP contribution in [0, 0.1) is 0 Å². The number of rotatable bonds is 2. The summed E-state index contributed by atoms with van der Waals surface area (Å²) in [4.78, 5) is 10.6. The first-order valence-electron chi connectivity index (χ1n) is 4.70. The summed E-state index contributed by atoms with van der Waals surface area (Å²) < 4.78 is 0. The Bertz CT molecular complexity index is 353. The third-order valence-corrected chi connectivity index (χ3v) is 2.72. The second-order valence-corrected chi connectivity index (χ2v) is 3.62. The molecule has 1 aromatic heterocycles. The maximum absolute atomic E-state index is 10.6. The number of aromatic nitrogens is 2. The predicted molar refractivity (Wildman–Crippen MR) is 48.4 cm³/mol. The SMILES string of the molecule is O=C(O)c1[nH]nc(C2CCCC2)c1O. The van der Waals surface area contributed by atoms with E-state index in [4.69, 9.17) is 5.11 Å². The van der Waals surface area contributed by atoms with E-state index in [1.165, 1.54) is 0 Å². The average molecular weight is 196 g/mol. The number of aromatic carboxylic acids is 1. The van der Waals surface area contributed by atoms with E-state index in [1.54, 1.807) is 0 Å². The summed E-state index contributed by atoms with van der Waals surface area (Å²) in [6, 6.07) is 0. The molecule has 3 N–H and O–H groups in total. The van der Waals surface area contributed by atoms with Crippen molar-refractivity contribution in [1.82, 2.24) is 10.2 Å². The standard InChI is InChI=1S/C9H12N2O3/c12-8-6(5-3-1-2-4-5)10-11-7(8)9(13)14/h5,12H,1-4H2,(H,10,11)(H,13,14). The fourth-order valence-corrected chi connectivity index (χ4v) is 1.98. The summed E-state index contributed by atoms with van der Waals surface area (Å²) in [6.07, 6.45) is 4.22. The van der Waals surface area contributed by atoms with Crippen molar-refractivity contribution in [2.45, 2.75) is 31.6 Å². The van der Waals surface area contributed by atoms with Crippen molar-refractivity contribution >= 4 is 5.97 Å². The number of carboxylic acids is 1. The maximum atomic E-state index is 10.6. The van der Waals surface area contributed by atoms with Crippen LogP contribution in [0.4, 0.5) is 0 Å². The van der Waals surface area contributed by atoms with E-state index in [-0.39, 0.29) is 17.4 Å². The molecule has 1 aromatic rings. The molecule has 5 heteroatoms. The second kappa shape index (κ2) is 3.32. The van der Waals surface area contributed by atoms with Crippen LogP contribution in [0.5, 0.6) is 5.75 Å². The number of aromatic amines is 1. The number of carboxylic acid groups (broad SMARTS) is 1. The van der Waals surface area contributed by atoms with Crippen molar-refractivity contribution in [2.75, 3.05) is 0 Å². The van der Waals surface area contributed by atoms with E-state index < -0.39 is 5.97 Å². The summed E-state index contributed by atoms with van der Waals surface area (Å²) in [5.74, 6) is -1.14. The highest BCUT2D eigenvalue weighted by atomic mass is 16.4. The van der Waals surface area contributed by atoms with Gasteiger partial charge >= 0.3 is 5.97 Å². The summed E-state index contributed by atoms with van der Waals surface area (Å²) in [5, 5.41) is 24.5. The highest BCUT2D eigenvalue weighted by Gasteiger charge is 2.26. The fourth-order valence-electron chi connectivity index (χ4n) is 1.98. The Morgan fingerprint density at radius 1 is 1.43 bits per heavy atom. The Morgan fingerprint density at radius 2 is 2.07 bits per heavy atom. The van der Waals surface area contributed by atoms with E-state index >= 15 is 0 Å². The fraction of sp³-hybridized carbons (Fsp3) is 0.556. The van der Waals surface area contributed by atoms with Crippen LogP contribution in [0.2, 0.25) is 0 Å². The highest BCUT2D eigenvalue weighted by molar-refractivity contribution is 5.88. The van der Waals surface area contributed by atoms with Crippen LogP contribution in [0.25, 0.3) is 0 Å². The topological polar surface area (TPSA) is 86.2 Å². The zero-order valence-electron chi connectivity index (χ0n) is 7.66. The van der Waals surface area contributed by atoms with Gasteiger partial charge in [0.25, 0.3) is 0 Å². The first-order valence-corrected chi connectivity index (χ1v) is 4.70. The number of H-pyrrole nitrogens is 1. The first-order chi connectivity index (χ1) is 6.70. The molecule has 1 saturated carbocycles. The molecule has 1 aliphatic carbocycles. The molecule has 1 fully saturated rings. The molecule has 0 aromatic carbocycles. The van der Waals surface area contributed by atoms with Gasteiger partial charge in [-0.15, -0.1) is 0 Å². The Kier molecular flexibility index (Phi) is 2.15. The van der Waals surface area contributed by atoms with Gasteiger partial charge in [0.05, 0.1) is 0 Å². The minimum atomic E-state index is -1.17. The Morgan fingerprint density at radius 3 is 2.57 bits per heavy atom. The lowest BCUT2D eigenvalue weighted by atomic mass is 10.0. The quantitative estimate of drug-likeness (QED) is 0.668. The molecule has 5 nitrogen and oxygen atoms in total. The Balaban J connectivity index is 2.30. The van der Waals surface area contributed by atoms with Crippen molar-refractivity contribution in [3.8, 4) is 5.75 Å². The molecular formula is C9H12N2O3. The van der Waals surface area contributed by atoms with E-state index in [1.807, 2.05) is 0 Å². The summed E-state index contributed by atoms with van der Waals surface area (Å²) in [7, 11) is 0. The van der Waals surface area contributed by atoms with Gasteiger partial charge in [-0.1, -0.05) is 12.8 Å². The molecular weight excluding hydrogens is 184 g/mol. The predicted octanol–water partition coefficient (Wildman–Crippen LogP) is 1.47. The molecule has 14 heavy (non-hydrogen) atoms. The van der Waals surface area contributed by atoms with Crippen molar-refractivity contribution in [3.63, 3.8) is 0 Å². The average Bonchev–Trinajstić information content (AvgIpc) is 2.71. The lowest BCUT2D eigenvalue weighted by molar-refractivity contribution is 0.0687. The van der Waals surface area contributed by atoms with Gasteiger partial charge in [0.1, 0.15) is 5.69 Å². The molecule has 0 atom stereocenters. The lowest BCUT2D eigenvalue weighted by Gasteiger charge is -2.04. The Labute approximate surface area is 80.8 Å². The largest absolute Gasteiger partial charge is 0.504 e. The number of aromatic hydroxyl groups is 1. The van der Waals surface area contributed by atoms with Gasteiger partial charge in [0.2, 0.25) is 0 Å².